The molecular formula is C14H24N2O. The second kappa shape index (κ2) is 6.22. The van der Waals surface area contributed by atoms with Gasteiger partial charge in [-0.2, -0.15) is 0 Å². The van der Waals surface area contributed by atoms with E-state index in [4.69, 9.17) is 4.42 Å². The number of nitrogens with one attached hydrogen (secondary N) is 1. The van der Waals surface area contributed by atoms with Gasteiger partial charge in [0.15, 0.2) is 0 Å². The Morgan fingerprint density at radius 1 is 1.35 bits per heavy atom. The van der Waals surface area contributed by atoms with Crippen molar-refractivity contribution in [1.82, 2.24) is 10.2 Å². The molecule has 96 valence electrons. The van der Waals surface area contributed by atoms with Gasteiger partial charge >= 0.3 is 0 Å². The van der Waals surface area contributed by atoms with E-state index in [1.807, 2.05) is 0 Å². The minimum Gasteiger partial charge on any atom is -0.465 e. The van der Waals surface area contributed by atoms with Crippen LogP contribution in [-0.2, 0) is 13.0 Å². The van der Waals surface area contributed by atoms with Gasteiger partial charge < -0.3 is 9.73 Å². The van der Waals surface area contributed by atoms with Crippen molar-refractivity contribution in [2.24, 2.45) is 0 Å². The third-order valence-electron chi connectivity index (χ3n) is 3.62. The molecule has 0 spiro atoms. The number of likely N-dealkylation sites (N-methyl/N-ethyl adjacent to an activating group) is 1. The largest absolute Gasteiger partial charge is 0.465 e. The first kappa shape index (κ1) is 12.7. The van der Waals surface area contributed by atoms with E-state index >= 15 is 0 Å². The Bertz CT molecular complexity index is 329. The van der Waals surface area contributed by atoms with Crippen molar-refractivity contribution < 1.29 is 4.42 Å². The van der Waals surface area contributed by atoms with E-state index in [0.717, 1.165) is 37.6 Å². The average molecular weight is 236 g/mol. The molecule has 1 unspecified atom stereocenters. The first-order valence-electron chi connectivity index (χ1n) is 6.85. The maximum atomic E-state index is 5.79. The van der Waals surface area contributed by atoms with Crippen molar-refractivity contribution in [1.29, 1.82) is 0 Å². The highest BCUT2D eigenvalue weighted by molar-refractivity contribution is 5.07. The van der Waals surface area contributed by atoms with E-state index in [9.17, 15) is 0 Å². The van der Waals surface area contributed by atoms with E-state index in [1.54, 1.807) is 0 Å². The molecule has 0 saturated carbocycles. The fourth-order valence-electron chi connectivity index (χ4n) is 2.54. The van der Waals surface area contributed by atoms with Gasteiger partial charge in [-0.15, -0.1) is 0 Å². The molecule has 1 N–H and O–H groups in total. The Morgan fingerprint density at radius 3 is 2.76 bits per heavy atom. The lowest BCUT2D eigenvalue weighted by Crippen LogP contribution is -2.45. The van der Waals surface area contributed by atoms with Crippen molar-refractivity contribution in [2.75, 3.05) is 19.6 Å². The van der Waals surface area contributed by atoms with E-state index in [0.29, 0.717) is 6.04 Å². The summed E-state index contributed by atoms with van der Waals surface area (Å²) in [5.41, 5.74) is 0. The molecule has 0 aliphatic carbocycles. The summed E-state index contributed by atoms with van der Waals surface area (Å²) in [6, 6.07) is 4.89. The highest BCUT2D eigenvalue weighted by Crippen LogP contribution is 2.16. The lowest BCUT2D eigenvalue weighted by atomic mass is 10.1. The molecule has 0 bridgehead atoms. The topological polar surface area (TPSA) is 28.4 Å². The van der Waals surface area contributed by atoms with Crippen LogP contribution in [0.1, 0.15) is 38.2 Å². The predicted octanol–water partition coefficient (Wildman–Crippen LogP) is 2.42. The Morgan fingerprint density at radius 2 is 2.18 bits per heavy atom. The minimum atomic E-state index is 0.670. The van der Waals surface area contributed by atoms with Gasteiger partial charge in [-0.1, -0.05) is 13.8 Å². The molecule has 1 saturated heterocycles. The third kappa shape index (κ3) is 3.33. The SMILES string of the molecule is CCc1ccc(CN(CC)C2CCCNC2)o1. The molecule has 17 heavy (non-hydrogen) atoms. The lowest BCUT2D eigenvalue weighted by molar-refractivity contribution is 0.154. The van der Waals surface area contributed by atoms with Gasteiger partial charge in [0.05, 0.1) is 6.54 Å². The van der Waals surface area contributed by atoms with Crippen LogP contribution in [0.5, 0.6) is 0 Å². The average Bonchev–Trinajstić information content (AvgIpc) is 2.84. The summed E-state index contributed by atoms with van der Waals surface area (Å²) in [5.74, 6) is 2.20. The van der Waals surface area contributed by atoms with Crippen LogP contribution in [0.25, 0.3) is 0 Å². The van der Waals surface area contributed by atoms with Gasteiger partial charge in [0, 0.05) is 19.0 Å². The molecule has 1 aromatic rings. The van der Waals surface area contributed by atoms with Crippen LogP contribution in [0.15, 0.2) is 16.5 Å². The molecule has 0 amide bonds. The molecule has 1 atom stereocenters. The van der Waals surface area contributed by atoms with Gasteiger partial charge in [0.1, 0.15) is 11.5 Å². The van der Waals surface area contributed by atoms with Gasteiger partial charge in [0.2, 0.25) is 0 Å². The molecule has 1 aromatic heterocycles. The van der Waals surface area contributed by atoms with Gasteiger partial charge in [0.25, 0.3) is 0 Å². The summed E-state index contributed by atoms with van der Waals surface area (Å²) in [4.78, 5) is 2.52. The van der Waals surface area contributed by atoms with Gasteiger partial charge in [-0.05, 0) is 38.1 Å². The zero-order valence-electron chi connectivity index (χ0n) is 11.0. The molecule has 0 aromatic carbocycles. The molecule has 1 aliphatic rings. The molecule has 0 radical (unpaired) electrons. The Kier molecular flexibility index (Phi) is 4.63. The quantitative estimate of drug-likeness (QED) is 0.851. The number of hydrogen-bond acceptors (Lipinski definition) is 3. The van der Waals surface area contributed by atoms with Crippen molar-refractivity contribution >= 4 is 0 Å². The van der Waals surface area contributed by atoms with Crippen LogP contribution in [0.2, 0.25) is 0 Å². The fourth-order valence-corrected chi connectivity index (χ4v) is 2.54. The highest BCUT2D eigenvalue weighted by Gasteiger charge is 2.20. The second-order valence-electron chi connectivity index (χ2n) is 4.78. The van der Waals surface area contributed by atoms with Crippen LogP contribution in [0, 0.1) is 0 Å². The minimum absolute atomic E-state index is 0.670. The van der Waals surface area contributed by atoms with Crippen molar-refractivity contribution in [3.05, 3.63) is 23.7 Å². The van der Waals surface area contributed by atoms with Crippen LogP contribution in [0.3, 0.4) is 0 Å². The predicted molar refractivity (Wildman–Crippen MR) is 70.1 cm³/mol. The monoisotopic (exact) mass is 236 g/mol. The van der Waals surface area contributed by atoms with Crippen LogP contribution in [0.4, 0.5) is 0 Å². The first-order chi connectivity index (χ1) is 8.33. The van der Waals surface area contributed by atoms with Crippen LogP contribution in [-0.4, -0.2) is 30.6 Å². The van der Waals surface area contributed by atoms with E-state index in [1.165, 1.54) is 19.4 Å². The summed E-state index contributed by atoms with van der Waals surface area (Å²) in [5, 5.41) is 3.48. The molecule has 3 heteroatoms. The Hall–Kier alpha value is -0.800. The highest BCUT2D eigenvalue weighted by atomic mass is 16.3. The summed E-state index contributed by atoms with van der Waals surface area (Å²) >= 11 is 0. The molecule has 1 aliphatic heterocycles. The summed E-state index contributed by atoms with van der Waals surface area (Å²) in [6.45, 7) is 8.70. The number of rotatable bonds is 5. The van der Waals surface area contributed by atoms with E-state index in [2.05, 4.69) is 36.2 Å². The fraction of sp³-hybridized carbons (Fsp3) is 0.714. The van der Waals surface area contributed by atoms with Crippen molar-refractivity contribution in [2.45, 2.75) is 45.7 Å². The summed E-state index contributed by atoms with van der Waals surface area (Å²) in [7, 11) is 0. The third-order valence-corrected chi connectivity index (χ3v) is 3.62. The van der Waals surface area contributed by atoms with Crippen LogP contribution >= 0.6 is 0 Å². The molecule has 2 rings (SSSR count). The van der Waals surface area contributed by atoms with Crippen LogP contribution < -0.4 is 5.32 Å². The zero-order valence-corrected chi connectivity index (χ0v) is 11.0. The number of aryl methyl sites for hydroxylation is 1. The Balaban J connectivity index is 1.93. The van der Waals surface area contributed by atoms with Gasteiger partial charge in [-0.25, -0.2) is 0 Å². The first-order valence-corrected chi connectivity index (χ1v) is 6.85. The summed E-state index contributed by atoms with van der Waals surface area (Å²) < 4.78 is 5.79. The number of furan rings is 1. The van der Waals surface area contributed by atoms with Crippen molar-refractivity contribution in [3.8, 4) is 0 Å². The molecular weight excluding hydrogens is 212 g/mol. The smallest absolute Gasteiger partial charge is 0.118 e. The van der Waals surface area contributed by atoms with Crippen molar-refractivity contribution in [3.63, 3.8) is 0 Å². The normalized spacial score (nSPS) is 21.0. The summed E-state index contributed by atoms with van der Waals surface area (Å²) in [6.07, 6.45) is 3.58. The maximum absolute atomic E-state index is 5.79. The van der Waals surface area contributed by atoms with E-state index in [-0.39, 0.29) is 0 Å². The lowest BCUT2D eigenvalue weighted by Gasteiger charge is -2.33. The zero-order chi connectivity index (χ0) is 12.1. The standard InChI is InChI=1S/C14H24N2O/c1-3-13-7-8-14(17-13)11-16(4-2)12-6-5-9-15-10-12/h7-8,12,15H,3-6,9-11H2,1-2H3. The van der Waals surface area contributed by atoms with E-state index < -0.39 is 0 Å². The van der Waals surface area contributed by atoms with Gasteiger partial charge in [-0.3, -0.25) is 4.90 Å². The molecule has 1 fully saturated rings. The number of hydrogen-bond donors (Lipinski definition) is 1. The number of piperidine rings is 1. The number of nitrogens with zero attached hydrogens (tertiary/aromatic N) is 1. The second-order valence-corrected chi connectivity index (χ2v) is 4.78. The molecule has 3 nitrogen and oxygen atoms in total. The Labute approximate surface area is 104 Å². The maximum Gasteiger partial charge on any atom is 0.118 e. The molecule has 2 heterocycles.